The lowest BCUT2D eigenvalue weighted by Crippen LogP contribution is -2.54. The summed E-state index contributed by atoms with van der Waals surface area (Å²) in [5.41, 5.74) is 4.91. The van der Waals surface area contributed by atoms with Crippen LogP contribution < -0.4 is 10.8 Å². The van der Waals surface area contributed by atoms with E-state index in [9.17, 15) is 14.7 Å². The summed E-state index contributed by atoms with van der Waals surface area (Å²) in [5.74, 6) is -0.652. The monoisotopic (exact) mass is 383 g/mol. The third-order valence-corrected chi connectivity index (χ3v) is 5.09. The standard InChI is InChI=1S/C21H25N3O4/c1-14(25)19(20(26)23-28)22-21(27)24-11-10-18(13-24)17-9-5-8-16(12-17)15-6-3-2-4-7-15/h2-9,12,14,18-19,25,28H,10-11,13H2,1H3,(H,22,27)(H,23,26)/t14-,18?,19+/m1/s1. The van der Waals surface area contributed by atoms with Crippen LogP contribution in [0.4, 0.5) is 4.79 Å². The predicted molar refractivity (Wildman–Crippen MR) is 105 cm³/mol. The van der Waals surface area contributed by atoms with E-state index in [4.69, 9.17) is 5.21 Å². The lowest BCUT2D eigenvalue weighted by molar-refractivity contribution is -0.133. The van der Waals surface area contributed by atoms with Gasteiger partial charge in [-0.1, -0.05) is 54.6 Å². The molecule has 3 amide bonds. The third kappa shape index (κ3) is 4.49. The third-order valence-electron chi connectivity index (χ3n) is 5.09. The lowest BCUT2D eigenvalue weighted by Gasteiger charge is -2.23. The van der Waals surface area contributed by atoms with Gasteiger partial charge < -0.3 is 15.3 Å². The van der Waals surface area contributed by atoms with E-state index in [2.05, 4.69) is 35.6 Å². The van der Waals surface area contributed by atoms with Gasteiger partial charge in [0.15, 0.2) is 0 Å². The molecule has 1 aliphatic rings. The highest BCUT2D eigenvalue weighted by atomic mass is 16.5. The Morgan fingerprint density at radius 2 is 1.82 bits per heavy atom. The number of carbonyl (C=O) groups excluding carboxylic acids is 2. The molecular weight excluding hydrogens is 358 g/mol. The summed E-state index contributed by atoms with van der Waals surface area (Å²) in [5, 5.41) is 20.9. The molecule has 1 saturated heterocycles. The van der Waals surface area contributed by atoms with Crippen molar-refractivity contribution in [1.82, 2.24) is 15.7 Å². The van der Waals surface area contributed by atoms with Crippen LogP contribution in [-0.2, 0) is 4.79 Å². The Hall–Kier alpha value is -2.90. The van der Waals surface area contributed by atoms with Crippen LogP contribution in [0.15, 0.2) is 54.6 Å². The highest BCUT2D eigenvalue weighted by molar-refractivity contribution is 5.87. The maximum absolute atomic E-state index is 12.5. The van der Waals surface area contributed by atoms with Gasteiger partial charge in [-0.15, -0.1) is 0 Å². The molecular formula is C21H25N3O4. The van der Waals surface area contributed by atoms with Crippen molar-refractivity contribution in [3.05, 3.63) is 60.2 Å². The van der Waals surface area contributed by atoms with Crippen LogP contribution in [-0.4, -0.2) is 52.4 Å². The van der Waals surface area contributed by atoms with Gasteiger partial charge in [-0.3, -0.25) is 10.0 Å². The molecule has 28 heavy (non-hydrogen) atoms. The molecule has 3 atom stereocenters. The number of likely N-dealkylation sites (tertiary alicyclic amines) is 1. The number of nitrogens with zero attached hydrogens (tertiary/aromatic N) is 1. The minimum absolute atomic E-state index is 0.200. The van der Waals surface area contributed by atoms with E-state index < -0.39 is 24.1 Å². The first-order valence-electron chi connectivity index (χ1n) is 9.32. The second-order valence-electron chi connectivity index (χ2n) is 7.07. The van der Waals surface area contributed by atoms with Crippen molar-refractivity contribution in [3.8, 4) is 11.1 Å². The van der Waals surface area contributed by atoms with Gasteiger partial charge in [0.1, 0.15) is 6.04 Å². The summed E-state index contributed by atoms with van der Waals surface area (Å²) < 4.78 is 0. The summed E-state index contributed by atoms with van der Waals surface area (Å²) in [6.45, 7) is 2.46. The average Bonchev–Trinajstić information content (AvgIpc) is 3.22. The minimum Gasteiger partial charge on any atom is -0.391 e. The van der Waals surface area contributed by atoms with Gasteiger partial charge in [0, 0.05) is 19.0 Å². The Morgan fingerprint density at radius 1 is 1.11 bits per heavy atom. The molecule has 7 heteroatoms. The average molecular weight is 383 g/mol. The molecule has 4 N–H and O–H groups in total. The van der Waals surface area contributed by atoms with Crippen LogP contribution in [0.25, 0.3) is 11.1 Å². The van der Waals surface area contributed by atoms with E-state index >= 15 is 0 Å². The van der Waals surface area contributed by atoms with E-state index in [-0.39, 0.29) is 5.92 Å². The highest BCUT2D eigenvalue weighted by Crippen LogP contribution is 2.30. The number of aliphatic hydroxyl groups is 1. The first-order chi connectivity index (χ1) is 13.5. The van der Waals surface area contributed by atoms with Crippen molar-refractivity contribution >= 4 is 11.9 Å². The molecule has 1 fully saturated rings. The van der Waals surface area contributed by atoms with E-state index in [0.29, 0.717) is 13.1 Å². The van der Waals surface area contributed by atoms with Crippen molar-refractivity contribution in [2.45, 2.75) is 31.4 Å². The summed E-state index contributed by atoms with van der Waals surface area (Å²) >= 11 is 0. The number of benzene rings is 2. The Labute approximate surface area is 163 Å². The molecule has 1 unspecified atom stereocenters. The number of hydroxylamine groups is 1. The van der Waals surface area contributed by atoms with Gasteiger partial charge in [0.05, 0.1) is 6.10 Å². The molecule has 0 radical (unpaired) electrons. The maximum Gasteiger partial charge on any atom is 0.318 e. The normalized spacial score (nSPS) is 18.4. The van der Waals surface area contributed by atoms with Gasteiger partial charge in [0.25, 0.3) is 5.91 Å². The van der Waals surface area contributed by atoms with Gasteiger partial charge in [-0.25, -0.2) is 10.3 Å². The predicted octanol–water partition coefficient (Wildman–Crippen LogP) is 2.11. The summed E-state index contributed by atoms with van der Waals surface area (Å²) in [6, 6.07) is 16.8. The molecule has 0 bridgehead atoms. The minimum atomic E-state index is -1.21. The molecule has 3 rings (SSSR count). The zero-order valence-corrected chi connectivity index (χ0v) is 15.7. The van der Waals surface area contributed by atoms with E-state index in [1.54, 1.807) is 4.90 Å². The smallest absolute Gasteiger partial charge is 0.318 e. The Kier molecular flexibility index (Phi) is 6.28. The molecule has 0 aromatic heterocycles. The number of hydrogen-bond acceptors (Lipinski definition) is 4. The van der Waals surface area contributed by atoms with E-state index in [0.717, 1.165) is 23.1 Å². The topological polar surface area (TPSA) is 102 Å². The van der Waals surface area contributed by atoms with Crippen molar-refractivity contribution in [2.24, 2.45) is 0 Å². The fourth-order valence-electron chi connectivity index (χ4n) is 3.52. The molecule has 0 saturated carbocycles. The number of nitrogens with one attached hydrogen (secondary N) is 2. The van der Waals surface area contributed by atoms with Crippen LogP contribution in [0.5, 0.6) is 0 Å². The number of carbonyl (C=O) groups is 2. The van der Waals surface area contributed by atoms with Crippen molar-refractivity contribution in [1.29, 1.82) is 0 Å². The van der Waals surface area contributed by atoms with Crippen LogP contribution in [0, 0.1) is 0 Å². The van der Waals surface area contributed by atoms with Gasteiger partial charge in [-0.05, 0) is 30.0 Å². The molecule has 148 valence electrons. The zero-order valence-electron chi connectivity index (χ0n) is 15.7. The molecule has 0 aliphatic carbocycles. The fraction of sp³-hybridized carbons (Fsp3) is 0.333. The van der Waals surface area contributed by atoms with Crippen molar-refractivity contribution < 1.29 is 19.9 Å². The molecule has 0 spiro atoms. The number of hydrogen-bond donors (Lipinski definition) is 4. The summed E-state index contributed by atoms with van der Waals surface area (Å²) in [6.07, 6.45) is -0.311. The van der Waals surface area contributed by atoms with Gasteiger partial charge in [0.2, 0.25) is 0 Å². The Morgan fingerprint density at radius 3 is 2.50 bits per heavy atom. The molecule has 7 nitrogen and oxygen atoms in total. The summed E-state index contributed by atoms with van der Waals surface area (Å²) in [4.78, 5) is 25.7. The van der Waals surface area contributed by atoms with Crippen LogP contribution in [0.1, 0.15) is 24.8 Å². The van der Waals surface area contributed by atoms with Gasteiger partial charge >= 0.3 is 6.03 Å². The molecule has 2 aromatic rings. The maximum atomic E-state index is 12.5. The number of aliphatic hydroxyl groups excluding tert-OH is 1. The molecule has 2 aromatic carbocycles. The molecule has 1 heterocycles. The van der Waals surface area contributed by atoms with E-state index in [1.807, 2.05) is 24.3 Å². The second-order valence-corrected chi connectivity index (χ2v) is 7.07. The van der Waals surface area contributed by atoms with Gasteiger partial charge in [-0.2, -0.15) is 0 Å². The van der Waals surface area contributed by atoms with Crippen LogP contribution >= 0.6 is 0 Å². The second kappa shape index (κ2) is 8.86. The van der Waals surface area contributed by atoms with Crippen LogP contribution in [0.3, 0.4) is 0 Å². The SMILES string of the molecule is C[C@@H](O)[C@H](NC(=O)N1CCC(c2cccc(-c3ccccc3)c2)C1)C(=O)NO. The zero-order chi connectivity index (χ0) is 20.1. The Balaban J connectivity index is 1.67. The van der Waals surface area contributed by atoms with Crippen LogP contribution in [0.2, 0.25) is 0 Å². The first kappa shape index (κ1) is 19.9. The number of urea groups is 1. The van der Waals surface area contributed by atoms with Crippen molar-refractivity contribution in [3.63, 3.8) is 0 Å². The molecule has 1 aliphatic heterocycles. The quantitative estimate of drug-likeness (QED) is 0.469. The largest absolute Gasteiger partial charge is 0.391 e. The number of rotatable bonds is 5. The fourth-order valence-corrected chi connectivity index (χ4v) is 3.52. The Bertz CT molecular complexity index is 825. The van der Waals surface area contributed by atoms with Crippen molar-refractivity contribution in [2.75, 3.05) is 13.1 Å². The lowest BCUT2D eigenvalue weighted by atomic mass is 9.94. The summed E-state index contributed by atoms with van der Waals surface area (Å²) in [7, 11) is 0. The van der Waals surface area contributed by atoms with E-state index in [1.165, 1.54) is 12.4 Å². The highest BCUT2D eigenvalue weighted by Gasteiger charge is 2.31. The number of amides is 3. The first-order valence-corrected chi connectivity index (χ1v) is 9.32.